The highest BCUT2D eigenvalue weighted by Crippen LogP contribution is 2.47. The lowest BCUT2D eigenvalue weighted by atomic mass is 10.1. The lowest BCUT2D eigenvalue weighted by Crippen LogP contribution is -2.18. The zero-order valence-corrected chi connectivity index (χ0v) is 15.9. The molecule has 0 radical (unpaired) electrons. The summed E-state index contributed by atoms with van der Waals surface area (Å²) in [7, 11) is -5.09. The van der Waals surface area contributed by atoms with E-state index >= 15 is 0 Å². The Hall–Kier alpha value is -1.87. The van der Waals surface area contributed by atoms with Gasteiger partial charge in [0.1, 0.15) is 14.1 Å². The highest BCUT2D eigenvalue weighted by molar-refractivity contribution is 7.89. The molecule has 1 unspecified atom stereocenters. The van der Waals surface area contributed by atoms with E-state index in [1.54, 1.807) is 24.3 Å². The largest absolute Gasteiger partial charge is 0.244 e. The predicted molar refractivity (Wildman–Crippen MR) is 99.6 cm³/mol. The number of nitrogens with zero attached hydrogens (tertiary/aromatic N) is 1. The van der Waals surface area contributed by atoms with Crippen LogP contribution in [0.2, 0.25) is 19.6 Å². The van der Waals surface area contributed by atoms with Crippen LogP contribution in [0.4, 0.5) is 0 Å². The minimum absolute atomic E-state index is 0.194. The summed E-state index contributed by atoms with van der Waals surface area (Å²) < 4.78 is 27.5. The Morgan fingerprint density at radius 2 is 1.46 bits per heavy atom. The molecule has 1 fully saturated rings. The lowest BCUT2D eigenvalue weighted by Gasteiger charge is -2.06. The maximum atomic E-state index is 13.0. The highest BCUT2D eigenvalue weighted by atomic mass is 32.2. The second-order valence-electron chi connectivity index (χ2n) is 6.97. The van der Waals surface area contributed by atoms with Crippen molar-refractivity contribution in [3.05, 3.63) is 66.2 Å². The molecule has 1 aliphatic rings. The SMILES string of the molecule is C[Si](C)(C)C#C[C@H]1[C@H](c2ccccc2)N1S(=O)(=O)c1ccccc1. The maximum Gasteiger partial charge on any atom is 0.244 e. The Morgan fingerprint density at radius 3 is 2.00 bits per heavy atom. The van der Waals surface area contributed by atoms with Gasteiger partial charge in [-0.15, -0.1) is 5.54 Å². The number of benzene rings is 2. The summed E-state index contributed by atoms with van der Waals surface area (Å²) in [5.41, 5.74) is 4.31. The number of rotatable bonds is 3. The molecule has 2 aromatic rings. The van der Waals surface area contributed by atoms with Crippen molar-refractivity contribution in [3.8, 4) is 11.5 Å². The third kappa shape index (κ3) is 3.46. The van der Waals surface area contributed by atoms with Crippen LogP contribution in [-0.4, -0.2) is 26.8 Å². The molecule has 2 aromatic carbocycles. The van der Waals surface area contributed by atoms with Crippen LogP contribution in [0, 0.1) is 11.5 Å². The van der Waals surface area contributed by atoms with Crippen LogP contribution < -0.4 is 0 Å². The minimum atomic E-state index is -3.53. The van der Waals surface area contributed by atoms with E-state index in [1.807, 2.05) is 36.4 Å². The molecule has 0 spiro atoms. The summed E-state index contributed by atoms with van der Waals surface area (Å²) >= 11 is 0. The Morgan fingerprint density at radius 1 is 0.917 bits per heavy atom. The summed E-state index contributed by atoms with van der Waals surface area (Å²) in [6, 6.07) is 17.9. The van der Waals surface area contributed by atoms with E-state index in [0.717, 1.165) is 5.56 Å². The molecule has 3 nitrogen and oxygen atoms in total. The zero-order valence-electron chi connectivity index (χ0n) is 14.1. The Kier molecular flexibility index (Phi) is 4.39. The predicted octanol–water partition coefficient (Wildman–Crippen LogP) is 3.68. The minimum Gasteiger partial charge on any atom is -0.207 e. The van der Waals surface area contributed by atoms with E-state index in [-0.39, 0.29) is 12.1 Å². The van der Waals surface area contributed by atoms with Crippen LogP contribution >= 0.6 is 0 Å². The Bertz CT molecular complexity index is 878. The van der Waals surface area contributed by atoms with Gasteiger partial charge in [-0.1, -0.05) is 74.1 Å². The van der Waals surface area contributed by atoms with Crippen LogP contribution in [0.3, 0.4) is 0 Å². The second-order valence-corrected chi connectivity index (χ2v) is 13.6. The lowest BCUT2D eigenvalue weighted by molar-refractivity contribution is 0.551. The maximum absolute atomic E-state index is 13.0. The summed E-state index contributed by atoms with van der Waals surface area (Å²) in [5, 5.41) is 0. The molecule has 0 bridgehead atoms. The summed E-state index contributed by atoms with van der Waals surface area (Å²) in [5.74, 6) is 3.23. The van der Waals surface area contributed by atoms with Crippen molar-refractivity contribution in [1.82, 2.24) is 4.31 Å². The average Bonchev–Trinajstić information content (AvgIpc) is 3.29. The smallest absolute Gasteiger partial charge is 0.207 e. The molecule has 5 heteroatoms. The van der Waals surface area contributed by atoms with Gasteiger partial charge in [-0.2, -0.15) is 4.31 Å². The zero-order chi connectivity index (χ0) is 17.4. The third-order valence-electron chi connectivity index (χ3n) is 3.81. The molecule has 124 valence electrons. The number of hydrogen-bond donors (Lipinski definition) is 0. The van der Waals surface area contributed by atoms with Crippen molar-refractivity contribution in [2.45, 2.75) is 36.6 Å². The van der Waals surface area contributed by atoms with Crippen molar-refractivity contribution >= 4 is 18.1 Å². The van der Waals surface area contributed by atoms with E-state index in [0.29, 0.717) is 4.90 Å². The first-order valence-corrected chi connectivity index (χ1v) is 12.9. The normalized spacial score (nSPS) is 23.2. The fraction of sp³-hybridized carbons (Fsp3) is 0.263. The molecule has 1 saturated heterocycles. The van der Waals surface area contributed by atoms with E-state index in [9.17, 15) is 8.42 Å². The molecule has 0 aliphatic carbocycles. The monoisotopic (exact) mass is 355 g/mol. The topological polar surface area (TPSA) is 37.1 Å². The van der Waals surface area contributed by atoms with Crippen molar-refractivity contribution in [3.63, 3.8) is 0 Å². The molecule has 1 heterocycles. The van der Waals surface area contributed by atoms with E-state index in [2.05, 4.69) is 31.1 Å². The molecular formula is C19H21NO2SSi. The van der Waals surface area contributed by atoms with E-state index in [4.69, 9.17) is 0 Å². The number of hydrogen-bond acceptors (Lipinski definition) is 2. The van der Waals surface area contributed by atoms with Gasteiger partial charge in [0.2, 0.25) is 10.0 Å². The van der Waals surface area contributed by atoms with Gasteiger partial charge in [0.05, 0.1) is 10.9 Å². The van der Waals surface area contributed by atoms with Crippen molar-refractivity contribution in [2.24, 2.45) is 0 Å². The van der Waals surface area contributed by atoms with Gasteiger partial charge in [0.15, 0.2) is 0 Å². The molecule has 3 rings (SSSR count). The molecule has 3 atom stereocenters. The van der Waals surface area contributed by atoms with Crippen LogP contribution in [0.1, 0.15) is 11.6 Å². The summed E-state index contributed by atoms with van der Waals surface area (Å²) in [6.45, 7) is 6.49. The van der Waals surface area contributed by atoms with Crippen molar-refractivity contribution in [1.29, 1.82) is 0 Å². The summed E-state index contributed by atoms with van der Waals surface area (Å²) in [6.07, 6.45) is 0. The number of sulfonamides is 1. The average molecular weight is 356 g/mol. The van der Waals surface area contributed by atoms with E-state index < -0.39 is 18.1 Å². The fourth-order valence-corrected chi connectivity index (χ4v) is 4.91. The molecule has 0 saturated carbocycles. The second kappa shape index (κ2) is 6.21. The Balaban J connectivity index is 1.99. The standard InChI is InChI=1S/C19H21NO2SSi/c1-24(2,3)15-14-18-19(16-10-6-4-7-11-16)20(18)23(21,22)17-12-8-5-9-13-17/h4-13,18-19H,1-3H3/t18-,19-,20?/m0/s1. The highest BCUT2D eigenvalue weighted by Gasteiger charge is 2.55. The molecule has 1 aliphatic heterocycles. The summed E-state index contributed by atoms with van der Waals surface area (Å²) in [4.78, 5) is 0.322. The third-order valence-corrected chi connectivity index (χ3v) is 6.58. The molecule has 0 amide bonds. The van der Waals surface area contributed by atoms with Gasteiger partial charge in [0.25, 0.3) is 0 Å². The van der Waals surface area contributed by atoms with E-state index in [1.165, 1.54) is 4.31 Å². The van der Waals surface area contributed by atoms with Crippen LogP contribution in [-0.2, 0) is 10.0 Å². The van der Waals surface area contributed by atoms with Gasteiger partial charge in [-0.05, 0) is 17.7 Å². The van der Waals surface area contributed by atoms with Crippen molar-refractivity contribution < 1.29 is 8.42 Å². The Labute approximate surface area is 145 Å². The van der Waals surface area contributed by atoms with Crippen LogP contribution in [0.25, 0.3) is 0 Å². The van der Waals surface area contributed by atoms with Gasteiger partial charge < -0.3 is 0 Å². The fourth-order valence-electron chi connectivity index (χ4n) is 2.64. The molecular weight excluding hydrogens is 334 g/mol. The molecule has 0 aromatic heterocycles. The van der Waals surface area contributed by atoms with Gasteiger partial charge in [0, 0.05) is 0 Å². The van der Waals surface area contributed by atoms with Crippen LogP contribution in [0.5, 0.6) is 0 Å². The van der Waals surface area contributed by atoms with Gasteiger partial charge >= 0.3 is 0 Å². The van der Waals surface area contributed by atoms with Crippen molar-refractivity contribution in [2.75, 3.05) is 0 Å². The quantitative estimate of drug-likeness (QED) is 0.478. The van der Waals surface area contributed by atoms with Gasteiger partial charge in [-0.25, -0.2) is 8.42 Å². The first-order chi connectivity index (χ1) is 11.3. The first-order valence-electron chi connectivity index (χ1n) is 7.97. The molecule has 24 heavy (non-hydrogen) atoms. The van der Waals surface area contributed by atoms with Crippen LogP contribution in [0.15, 0.2) is 65.6 Å². The van der Waals surface area contributed by atoms with Gasteiger partial charge in [-0.3, -0.25) is 0 Å². The molecule has 0 N–H and O–H groups in total. The first kappa shape index (κ1) is 17.0.